The van der Waals surface area contributed by atoms with E-state index in [0.717, 1.165) is 29.7 Å². The van der Waals surface area contributed by atoms with Crippen molar-refractivity contribution >= 4 is 22.7 Å². The van der Waals surface area contributed by atoms with E-state index in [2.05, 4.69) is 34.1 Å². The highest BCUT2D eigenvalue weighted by Gasteiger charge is 2.28. The van der Waals surface area contributed by atoms with Crippen LogP contribution in [-0.4, -0.2) is 20.6 Å². The van der Waals surface area contributed by atoms with E-state index in [-0.39, 0.29) is 6.04 Å². The first-order valence-corrected chi connectivity index (χ1v) is 10.3. The molecule has 5 heteroatoms. The predicted octanol–water partition coefficient (Wildman–Crippen LogP) is 5.34. The molecule has 1 aliphatic heterocycles. The summed E-state index contributed by atoms with van der Waals surface area (Å²) in [5.41, 5.74) is 4.70. The lowest BCUT2D eigenvalue weighted by Gasteiger charge is -2.31. The Morgan fingerprint density at radius 1 is 1.07 bits per heavy atom. The molecule has 5 nitrogen and oxygen atoms in total. The summed E-state index contributed by atoms with van der Waals surface area (Å²) in [5.74, 6) is 0.152. The normalized spacial score (nSPS) is 19.9. The van der Waals surface area contributed by atoms with E-state index in [0.29, 0.717) is 11.6 Å². The molecule has 1 unspecified atom stereocenters. The van der Waals surface area contributed by atoms with E-state index in [1.54, 1.807) is 12.1 Å². The van der Waals surface area contributed by atoms with Crippen molar-refractivity contribution in [2.75, 3.05) is 5.32 Å². The van der Waals surface area contributed by atoms with E-state index in [1.165, 1.54) is 43.4 Å². The van der Waals surface area contributed by atoms with Gasteiger partial charge in [0, 0.05) is 11.7 Å². The van der Waals surface area contributed by atoms with Gasteiger partial charge in [-0.1, -0.05) is 37.5 Å². The Hall–Kier alpha value is -2.82. The smallest absolute Gasteiger partial charge is 0.335 e. The minimum absolute atomic E-state index is 0.150. The van der Waals surface area contributed by atoms with Gasteiger partial charge >= 0.3 is 5.97 Å². The van der Waals surface area contributed by atoms with E-state index in [1.807, 2.05) is 6.07 Å². The molecule has 2 heterocycles. The predicted molar refractivity (Wildman–Crippen MR) is 110 cm³/mol. The van der Waals surface area contributed by atoms with Crippen LogP contribution in [0.25, 0.3) is 11.0 Å². The molecule has 1 fully saturated rings. The molecular weight excluding hydrogens is 350 g/mol. The average molecular weight is 375 g/mol. The molecule has 1 aromatic heterocycles. The summed E-state index contributed by atoms with van der Waals surface area (Å²) in [6.45, 7) is 0. The molecule has 1 saturated carbocycles. The quantitative estimate of drug-likeness (QED) is 0.648. The number of para-hydroxylation sites is 1. The molecule has 2 N–H and O–H groups in total. The maximum absolute atomic E-state index is 11.4. The van der Waals surface area contributed by atoms with Gasteiger partial charge in [-0.3, -0.25) is 0 Å². The first-order chi connectivity index (χ1) is 13.7. The number of hydrogen-bond donors (Lipinski definition) is 2. The number of carbonyl (C=O) groups is 1. The largest absolute Gasteiger partial charge is 0.478 e. The van der Waals surface area contributed by atoms with Gasteiger partial charge in [-0.2, -0.15) is 0 Å². The lowest BCUT2D eigenvalue weighted by molar-refractivity contribution is 0.0697. The number of benzene rings is 2. The number of aromatic carboxylic acids is 1. The number of aryl methyl sites for hydroxylation is 1. The van der Waals surface area contributed by atoms with Crippen molar-refractivity contribution in [3.63, 3.8) is 0 Å². The zero-order valence-corrected chi connectivity index (χ0v) is 15.9. The fraction of sp³-hybridized carbons (Fsp3) is 0.391. The third-order valence-corrected chi connectivity index (χ3v) is 6.26. The molecule has 0 amide bonds. The Balaban J connectivity index is 1.61. The zero-order valence-electron chi connectivity index (χ0n) is 15.9. The van der Waals surface area contributed by atoms with Crippen LogP contribution in [0, 0.1) is 0 Å². The SMILES string of the molecule is O=C(O)c1ccc2c(c1)nc(C1CCc3ccccc3N1)n2C1CCCCC1. The van der Waals surface area contributed by atoms with Crippen molar-refractivity contribution in [3.05, 3.63) is 59.4 Å². The van der Waals surface area contributed by atoms with Crippen molar-refractivity contribution in [1.82, 2.24) is 9.55 Å². The maximum Gasteiger partial charge on any atom is 0.335 e. The number of carboxylic acid groups (broad SMARTS) is 1. The van der Waals surface area contributed by atoms with Gasteiger partial charge in [0.1, 0.15) is 5.82 Å². The number of aromatic nitrogens is 2. The monoisotopic (exact) mass is 375 g/mol. The first kappa shape index (κ1) is 17.3. The summed E-state index contributed by atoms with van der Waals surface area (Å²) in [6, 6.07) is 14.4. The van der Waals surface area contributed by atoms with Crippen molar-refractivity contribution < 1.29 is 9.90 Å². The van der Waals surface area contributed by atoms with Gasteiger partial charge in [0.2, 0.25) is 0 Å². The summed E-state index contributed by atoms with van der Waals surface area (Å²) in [5, 5.41) is 13.1. The van der Waals surface area contributed by atoms with E-state index < -0.39 is 5.97 Å². The minimum atomic E-state index is -0.902. The van der Waals surface area contributed by atoms with Crippen LogP contribution >= 0.6 is 0 Å². The van der Waals surface area contributed by atoms with Crippen LogP contribution in [0.15, 0.2) is 42.5 Å². The molecule has 0 radical (unpaired) electrons. The van der Waals surface area contributed by atoms with E-state index in [9.17, 15) is 9.90 Å². The second-order valence-corrected chi connectivity index (χ2v) is 8.03. The summed E-state index contributed by atoms with van der Waals surface area (Å²) < 4.78 is 2.41. The topological polar surface area (TPSA) is 67.2 Å². The second kappa shape index (κ2) is 6.97. The number of anilines is 1. The van der Waals surface area contributed by atoms with Crippen molar-refractivity contribution in [2.24, 2.45) is 0 Å². The van der Waals surface area contributed by atoms with E-state index >= 15 is 0 Å². The van der Waals surface area contributed by atoms with Crippen molar-refractivity contribution in [2.45, 2.75) is 57.0 Å². The fourth-order valence-electron chi connectivity index (χ4n) is 4.85. The standard InChI is InChI=1S/C23H25N3O2/c27-23(28)16-11-13-21-20(14-16)25-22(26(21)17-7-2-1-3-8-17)19-12-10-15-6-4-5-9-18(15)24-19/h4-6,9,11,13-14,17,19,24H,1-3,7-8,10,12H2,(H,27,28). The molecule has 0 saturated heterocycles. The Morgan fingerprint density at radius 3 is 2.71 bits per heavy atom. The number of nitrogens with one attached hydrogen (secondary N) is 1. The highest BCUT2D eigenvalue weighted by molar-refractivity contribution is 5.92. The first-order valence-electron chi connectivity index (χ1n) is 10.3. The van der Waals surface area contributed by atoms with Crippen LogP contribution in [0.5, 0.6) is 0 Å². The van der Waals surface area contributed by atoms with Gasteiger partial charge in [-0.15, -0.1) is 0 Å². The number of imidazole rings is 1. The van der Waals surface area contributed by atoms with Gasteiger partial charge in [-0.25, -0.2) is 9.78 Å². The Labute approximate surface area is 164 Å². The van der Waals surface area contributed by atoms with Gasteiger partial charge in [-0.05, 0) is 55.5 Å². The minimum Gasteiger partial charge on any atom is -0.478 e. The maximum atomic E-state index is 11.4. The molecule has 5 rings (SSSR count). The van der Waals surface area contributed by atoms with Gasteiger partial charge in [0.05, 0.1) is 22.6 Å². The third kappa shape index (κ3) is 2.95. The van der Waals surface area contributed by atoms with Crippen LogP contribution in [0.4, 0.5) is 5.69 Å². The zero-order chi connectivity index (χ0) is 19.1. The van der Waals surface area contributed by atoms with Gasteiger partial charge in [0.15, 0.2) is 0 Å². The van der Waals surface area contributed by atoms with Crippen molar-refractivity contribution in [1.29, 1.82) is 0 Å². The van der Waals surface area contributed by atoms with Crippen molar-refractivity contribution in [3.8, 4) is 0 Å². The third-order valence-electron chi connectivity index (χ3n) is 6.26. The molecule has 1 aliphatic carbocycles. The number of nitrogens with zero attached hydrogens (tertiary/aromatic N) is 2. The molecule has 28 heavy (non-hydrogen) atoms. The lowest BCUT2D eigenvalue weighted by Crippen LogP contribution is -2.24. The summed E-state index contributed by atoms with van der Waals surface area (Å²) >= 11 is 0. The number of hydrogen-bond acceptors (Lipinski definition) is 3. The molecule has 1 atom stereocenters. The Kier molecular flexibility index (Phi) is 4.30. The van der Waals surface area contributed by atoms with E-state index in [4.69, 9.17) is 4.98 Å². The summed E-state index contributed by atoms with van der Waals surface area (Å²) in [7, 11) is 0. The van der Waals surface area contributed by atoms with Crippen LogP contribution in [0.2, 0.25) is 0 Å². The molecule has 3 aromatic rings. The van der Waals surface area contributed by atoms with Crippen LogP contribution in [-0.2, 0) is 6.42 Å². The molecule has 2 aromatic carbocycles. The second-order valence-electron chi connectivity index (χ2n) is 8.03. The molecule has 0 bridgehead atoms. The van der Waals surface area contributed by atoms with Gasteiger partial charge < -0.3 is 15.0 Å². The molecular formula is C23H25N3O2. The van der Waals surface area contributed by atoms with Crippen LogP contribution < -0.4 is 5.32 Å². The number of fused-ring (bicyclic) bond motifs is 2. The molecule has 0 spiro atoms. The lowest BCUT2D eigenvalue weighted by atomic mass is 9.93. The Morgan fingerprint density at radius 2 is 1.89 bits per heavy atom. The summed E-state index contributed by atoms with van der Waals surface area (Å²) in [6.07, 6.45) is 8.17. The van der Waals surface area contributed by atoms with Crippen LogP contribution in [0.3, 0.4) is 0 Å². The number of rotatable bonds is 3. The summed E-state index contributed by atoms with van der Waals surface area (Å²) in [4.78, 5) is 16.4. The average Bonchev–Trinajstić information content (AvgIpc) is 3.12. The highest BCUT2D eigenvalue weighted by atomic mass is 16.4. The fourth-order valence-corrected chi connectivity index (χ4v) is 4.85. The highest BCUT2D eigenvalue weighted by Crippen LogP contribution is 2.38. The molecule has 144 valence electrons. The molecule has 2 aliphatic rings. The van der Waals surface area contributed by atoms with Gasteiger partial charge in [0.25, 0.3) is 0 Å². The Bertz CT molecular complexity index is 1030. The van der Waals surface area contributed by atoms with Crippen LogP contribution in [0.1, 0.15) is 72.4 Å². The number of carboxylic acids is 1.